The number of phenolic OH excluding ortho intramolecular Hbond substituents is 1. The second-order valence-electron chi connectivity index (χ2n) is 10.0. The molecule has 3 fully saturated rings. The first-order chi connectivity index (χ1) is 17.9. The van der Waals surface area contributed by atoms with Crippen LogP contribution in [0.2, 0.25) is 5.02 Å². The summed E-state index contributed by atoms with van der Waals surface area (Å²) in [7, 11) is 0. The van der Waals surface area contributed by atoms with Crippen LogP contribution in [0.1, 0.15) is 37.2 Å². The van der Waals surface area contributed by atoms with Gasteiger partial charge in [-0.3, -0.25) is 33.8 Å². The number of hydrogen-bond donors (Lipinski definition) is 2. The average Bonchev–Trinajstić information content (AvgIpc) is 3.19. The standard InChI is InChI=1S/C25H22BrCl3N2O7/c26-10-31-22(37)24(28)9-15-12(19(25(24,29)23(31)38)14-8-11(27)3-6-16(14)32)4-5-13-18(15)21(36)30(20(13)35)7-1-2-17(33)34/h3-4,6,8,13,15,18-19,32H,1-2,5,7,9-10H2,(H,33,34)/t13-,15+,18-,19+,24+,25-/m0/s1. The normalized spacial score (nSPS) is 34.3. The number of likely N-dealkylation sites (tertiary alicyclic amines) is 2. The number of aliphatic carboxylic acids is 1. The van der Waals surface area contributed by atoms with E-state index in [1.54, 1.807) is 6.08 Å². The molecule has 9 nitrogen and oxygen atoms in total. The first kappa shape index (κ1) is 27.4. The fourth-order valence-electron chi connectivity index (χ4n) is 6.53. The van der Waals surface area contributed by atoms with E-state index in [0.29, 0.717) is 5.57 Å². The smallest absolute Gasteiger partial charge is 0.303 e. The van der Waals surface area contributed by atoms with Gasteiger partial charge in [-0.1, -0.05) is 39.2 Å². The van der Waals surface area contributed by atoms with Crippen LogP contribution in [0.3, 0.4) is 0 Å². The van der Waals surface area contributed by atoms with Crippen molar-refractivity contribution in [2.75, 3.05) is 12.0 Å². The molecule has 2 heterocycles. The van der Waals surface area contributed by atoms with Gasteiger partial charge < -0.3 is 10.2 Å². The van der Waals surface area contributed by atoms with Crippen LogP contribution in [0.25, 0.3) is 0 Å². The van der Waals surface area contributed by atoms with E-state index in [1.165, 1.54) is 18.2 Å². The molecular weight excluding hydrogens is 627 g/mol. The molecule has 0 unspecified atom stereocenters. The molecule has 4 amide bonds. The van der Waals surface area contributed by atoms with Gasteiger partial charge in [-0.2, -0.15) is 0 Å². The number of halogens is 4. The molecule has 1 aromatic carbocycles. The van der Waals surface area contributed by atoms with Gasteiger partial charge in [0, 0.05) is 29.5 Å². The number of carbonyl (C=O) groups is 5. The highest BCUT2D eigenvalue weighted by Crippen LogP contribution is 2.66. The van der Waals surface area contributed by atoms with Crippen molar-refractivity contribution in [1.82, 2.24) is 9.80 Å². The summed E-state index contributed by atoms with van der Waals surface area (Å²) in [5.74, 6) is -7.10. The Bertz CT molecular complexity index is 1320. The van der Waals surface area contributed by atoms with Crippen LogP contribution in [0.15, 0.2) is 29.8 Å². The number of amides is 4. The summed E-state index contributed by atoms with van der Waals surface area (Å²) < 4.78 is 0. The summed E-state index contributed by atoms with van der Waals surface area (Å²) in [6.45, 7) is -0.0439. The van der Waals surface area contributed by atoms with E-state index in [9.17, 15) is 29.1 Å². The maximum Gasteiger partial charge on any atom is 0.303 e. The number of rotatable bonds is 6. The minimum atomic E-state index is -2.04. The fourth-order valence-corrected chi connectivity index (χ4v) is 8.13. The van der Waals surface area contributed by atoms with Crippen LogP contribution < -0.4 is 0 Å². The molecule has 38 heavy (non-hydrogen) atoms. The largest absolute Gasteiger partial charge is 0.508 e. The summed E-state index contributed by atoms with van der Waals surface area (Å²) in [5.41, 5.74) is 0.549. The zero-order valence-electron chi connectivity index (χ0n) is 19.7. The van der Waals surface area contributed by atoms with Gasteiger partial charge in [-0.05, 0) is 43.4 Å². The first-order valence-corrected chi connectivity index (χ1v) is 14.2. The number of fused-ring (bicyclic) bond motifs is 4. The number of carboxylic acid groups (broad SMARTS) is 1. The quantitative estimate of drug-likeness (QED) is 0.209. The fraction of sp³-hybridized carbons (Fsp3) is 0.480. The Balaban J connectivity index is 1.64. The number of hydrogen-bond acceptors (Lipinski definition) is 6. The highest BCUT2D eigenvalue weighted by atomic mass is 79.9. The van der Waals surface area contributed by atoms with Crippen LogP contribution in [0, 0.1) is 17.8 Å². The Morgan fingerprint density at radius 1 is 1.08 bits per heavy atom. The van der Waals surface area contributed by atoms with Crippen LogP contribution in [0.4, 0.5) is 0 Å². The lowest BCUT2D eigenvalue weighted by Crippen LogP contribution is -2.60. The molecule has 2 saturated heterocycles. The van der Waals surface area contributed by atoms with Crippen molar-refractivity contribution in [3.8, 4) is 5.75 Å². The van der Waals surface area contributed by atoms with Gasteiger partial charge in [-0.25, -0.2) is 0 Å². The Morgan fingerprint density at radius 2 is 1.79 bits per heavy atom. The molecular formula is C25H22BrCl3N2O7. The molecule has 5 rings (SSSR count). The minimum Gasteiger partial charge on any atom is -0.508 e. The van der Waals surface area contributed by atoms with Crippen LogP contribution in [-0.2, 0) is 24.0 Å². The molecule has 4 aliphatic rings. The van der Waals surface area contributed by atoms with Gasteiger partial charge in [-0.15, -0.1) is 23.2 Å². The third-order valence-electron chi connectivity index (χ3n) is 8.18. The highest BCUT2D eigenvalue weighted by molar-refractivity contribution is 9.09. The Hall–Kier alpha value is -2.14. The van der Waals surface area contributed by atoms with Gasteiger partial charge in [0.2, 0.25) is 11.8 Å². The third-order valence-corrected chi connectivity index (χ3v) is 10.3. The zero-order valence-corrected chi connectivity index (χ0v) is 23.6. The molecule has 1 aromatic rings. The maximum absolute atomic E-state index is 13.7. The van der Waals surface area contributed by atoms with Gasteiger partial charge in [0.1, 0.15) is 5.75 Å². The van der Waals surface area contributed by atoms with Gasteiger partial charge in [0.05, 0.1) is 17.3 Å². The summed E-state index contributed by atoms with van der Waals surface area (Å²) in [6.07, 6.45) is 1.64. The Labute approximate surface area is 240 Å². The van der Waals surface area contributed by atoms with Crippen molar-refractivity contribution >= 4 is 80.3 Å². The lowest BCUT2D eigenvalue weighted by Gasteiger charge is -2.50. The highest BCUT2D eigenvalue weighted by Gasteiger charge is 2.76. The summed E-state index contributed by atoms with van der Waals surface area (Å²) in [5, 5.41) is 20.1. The number of aromatic hydroxyl groups is 1. The monoisotopic (exact) mass is 646 g/mol. The van der Waals surface area contributed by atoms with Crippen LogP contribution in [-0.4, -0.2) is 71.4 Å². The molecule has 0 aromatic heterocycles. The van der Waals surface area contributed by atoms with Gasteiger partial charge >= 0.3 is 5.97 Å². The molecule has 0 bridgehead atoms. The second-order valence-corrected chi connectivity index (χ2v) is 12.2. The van der Waals surface area contributed by atoms with Crippen molar-refractivity contribution in [1.29, 1.82) is 0 Å². The summed E-state index contributed by atoms with van der Waals surface area (Å²) >= 11 is 23.6. The number of allylic oxidation sites excluding steroid dienone is 2. The van der Waals surface area contributed by atoms with Crippen molar-refractivity contribution in [3.05, 3.63) is 40.4 Å². The van der Waals surface area contributed by atoms with E-state index in [2.05, 4.69) is 15.9 Å². The number of benzene rings is 1. The summed E-state index contributed by atoms with van der Waals surface area (Å²) in [6, 6.07) is 4.26. The zero-order chi connectivity index (χ0) is 27.7. The average molecular weight is 649 g/mol. The Morgan fingerprint density at radius 3 is 2.45 bits per heavy atom. The number of phenols is 1. The molecule has 2 N–H and O–H groups in total. The van der Waals surface area contributed by atoms with E-state index < -0.39 is 63.0 Å². The molecule has 2 aliphatic carbocycles. The Kier molecular flexibility index (Phi) is 6.86. The van der Waals surface area contributed by atoms with E-state index in [0.717, 1.165) is 9.80 Å². The van der Waals surface area contributed by atoms with E-state index >= 15 is 0 Å². The van der Waals surface area contributed by atoms with Crippen LogP contribution in [0.5, 0.6) is 5.75 Å². The molecule has 2 aliphatic heterocycles. The predicted octanol–water partition coefficient (Wildman–Crippen LogP) is 3.62. The molecule has 0 radical (unpaired) electrons. The molecule has 13 heteroatoms. The number of nitrogens with zero attached hydrogens (tertiary/aromatic N) is 2. The molecule has 1 saturated carbocycles. The number of carboxylic acids is 1. The van der Waals surface area contributed by atoms with Crippen molar-refractivity contribution < 1.29 is 34.2 Å². The van der Waals surface area contributed by atoms with E-state index in [-0.39, 0.29) is 54.0 Å². The molecule has 202 valence electrons. The van der Waals surface area contributed by atoms with E-state index in [1.807, 2.05) is 0 Å². The van der Waals surface area contributed by atoms with Crippen molar-refractivity contribution in [3.63, 3.8) is 0 Å². The second kappa shape index (κ2) is 9.50. The lowest BCUT2D eigenvalue weighted by atomic mass is 9.56. The minimum absolute atomic E-state index is 0.0439. The maximum atomic E-state index is 13.7. The number of imide groups is 2. The van der Waals surface area contributed by atoms with Gasteiger partial charge in [0.25, 0.3) is 11.8 Å². The van der Waals surface area contributed by atoms with Crippen LogP contribution >= 0.6 is 50.7 Å². The summed E-state index contributed by atoms with van der Waals surface area (Å²) in [4.78, 5) is 63.0. The first-order valence-electron chi connectivity index (χ1n) is 11.9. The molecule has 0 spiro atoms. The number of alkyl halides is 3. The van der Waals surface area contributed by atoms with Crippen molar-refractivity contribution in [2.24, 2.45) is 17.8 Å². The number of carbonyl (C=O) groups excluding carboxylic acids is 4. The SMILES string of the molecule is O=C(O)CCCN1C(=O)[C@H]2[C@H](CC=C3[C@H]2C[C@@]2(Cl)C(=O)N(CBr)C(=O)[C@@]2(Cl)[C@H]3c2cc(Cl)ccc2O)C1=O. The third kappa shape index (κ3) is 3.67. The lowest BCUT2D eigenvalue weighted by molar-refractivity contribution is -0.142. The molecule has 6 atom stereocenters. The topological polar surface area (TPSA) is 132 Å². The van der Waals surface area contributed by atoms with Gasteiger partial charge in [0.15, 0.2) is 9.75 Å². The van der Waals surface area contributed by atoms with E-state index in [4.69, 9.17) is 39.9 Å². The predicted molar refractivity (Wildman–Crippen MR) is 140 cm³/mol. The van der Waals surface area contributed by atoms with Crippen molar-refractivity contribution in [2.45, 2.75) is 41.3 Å².